The van der Waals surface area contributed by atoms with Gasteiger partial charge in [-0.2, -0.15) is 0 Å². The van der Waals surface area contributed by atoms with Gasteiger partial charge in [-0.05, 0) is 35.9 Å². The number of rotatable bonds is 5. The van der Waals surface area contributed by atoms with Crippen molar-refractivity contribution in [3.63, 3.8) is 0 Å². The molecule has 0 aliphatic rings. The average molecular weight is 384 g/mol. The summed E-state index contributed by atoms with van der Waals surface area (Å²) in [4.78, 5) is 16.3. The van der Waals surface area contributed by atoms with Crippen molar-refractivity contribution in [1.82, 2.24) is 4.57 Å². The topological polar surface area (TPSA) is 63.8 Å². The van der Waals surface area contributed by atoms with Crippen LogP contribution in [0.1, 0.15) is 21.5 Å². The predicted molar refractivity (Wildman–Crippen MR) is 114 cm³/mol. The van der Waals surface area contributed by atoms with Crippen LogP contribution in [0.25, 0.3) is 10.9 Å². The highest BCUT2D eigenvalue weighted by atomic mass is 16.5. The molecule has 0 saturated carbocycles. The molecule has 29 heavy (non-hydrogen) atoms. The van der Waals surface area contributed by atoms with E-state index in [-0.39, 0.29) is 11.7 Å². The van der Waals surface area contributed by atoms with E-state index in [2.05, 4.69) is 15.6 Å². The van der Waals surface area contributed by atoms with Crippen LogP contribution in [0.15, 0.2) is 84.0 Å². The predicted octanol–water partition coefficient (Wildman–Crippen LogP) is 4.93. The highest BCUT2D eigenvalue weighted by molar-refractivity contribution is 6.00. The van der Waals surface area contributed by atoms with Crippen LogP contribution in [-0.2, 0) is 11.3 Å². The van der Waals surface area contributed by atoms with Crippen molar-refractivity contribution in [3.8, 4) is 5.75 Å². The van der Waals surface area contributed by atoms with Gasteiger partial charge >= 0.3 is 5.97 Å². The zero-order chi connectivity index (χ0) is 20.2. The van der Waals surface area contributed by atoms with Crippen molar-refractivity contribution >= 4 is 28.8 Å². The van der Waals surface area contributed by atoms with Crippen molar-refractivity contribution in [2.75, 3.05) is 7.11 Å². The molecule has 0 amide bonds. The first-order valence-corrected chi connectivity index (χ1v) is 9.23. The third kappa shape index (κ3) is 3.89. The number of phenols is 1. The van der Waals surface area contributed by atoms with Gasteiger partial charge in [0, 0.05) is 35.4 Å². The number of hydrogen-bond acceptors (Lipinski definition) is 4. The third-order valence-electron chi connectivity index (χ3n) is 4.74. The highest BCUT2D eigenvalue weighted by Gasteiger charge is 2.10. The summed E-state index contributed by atoms with van der Waals surface area (Å²) in [5, 5.41) is 11.0. The molecule has 3 aromatic carbocycles. The summed E-state index contributed by atoms with van der Waals surface area (Å²) in [7, 11) is 1.38. The normalized spacial score (nSPS) is 11.2. The molecule has 144 valence electrons. The lowest BCUT2D eigenvalue weighted by molar-refractivity contribution is 0.0600. The summed E-state index contributed by atoms with van der Waals surface area (Å²) in [5.74, 6) is -0.202. The summed E-state index contributed by atoms with van der Waals surface area (Å²) in [6.07, 6.45) is 3.79. The number of aromatic nitrogens is 1. The van der Waals surface area contributed by atoms with Gasteiger partial charge < -0.3 is 14.4 Å². The lowest BCUT2D eigenvalue weighted by atomic mass is 10.1. The monoisotopic (exact) mass is 384 g/mol. The number of phenolic OH excluding ortho intramolecular Hbond substituents is 1. The summed E-state index contributed by atoms with van der Waals surface area (Å²) >= 11 is 0. The van der Waals surface area contributed by atoms with Gasteiger partial charge in [0.2, 0.25) is 0 Å². The van der Waals surface area contributed by atoms with E-state index in [4.69, 9.17) is 4.74 Å². The first kappa shape index (κ1) is 18.5. The largest absolute Gasteiger partial charge is 0.506 e. The number of para-hydroxylation sites is 3. The summed E-state index contributed by atoms with van der Waals surface area (Å²) in [6, 6.07) is 22.5. The van der Waals surface area contributed by atoms with Gasteiger partial charge in [0.25, 0.3) is 0 Å². The van der Waals surface area contributed by atoms with E-state index >= 15 is 0 Å². The van der Waals surface area contributed by atoms with Crippen LogP contribution in [0.3, 0.4) is 0 Å². The Kier molecular flexibility index (Phi) is 5.12. The molecule has 5 nitrogen and oxygen atoms in total. The Bertz CT molecular complexity index is 1210. The molecule has 0 bridgehead atoms. The number of nitrogens with zero attached hydrogens (tertiary/aromatic N) is 2. The van der Waals surface area contributed by atoms with Gasteiger partial charge in [-0.25, -0.2) is 4.79 Å². The van der Waals surface area contributed by atoms with E-state index in [1.54, 1.807) is 30.5 Å². The van der Waals surface area contributed by atoms with E-state index in [9.17, 15) is 9.90 Å². The highest BCUT2D eigenvalue weighted by Crippen LogP contribution is 2.26. The van der Waals surface area contributed by atoms with Gasteiger partial charge in [0.15, 0.2) is 0 Å². The minimum atomic E-state index is -0.347. The molecule has 0 aliphatic heterocycles. The van der Waals surface area contributed by atoms with E-state index in [0.717, 1.165) is 22.0 Å². The zero-order valence-electron chi connectivity index (χ0n) is 15.9. The average Bonchev–Trinajstić information content (AvgIpc) is 3.10. The number of esters is 1. The van der Waals surface area contributed by atoms with E-state index in [0.29, 0.717) is 17.8 Å². The Morgan fingerprint density at radius 1 is 1.07 bits per heavy atom. The van der Waals surface area contributed by atoms with E-state index in [1.165, 1.54) is 7.11 Å². The van der Waals surface area contributed by atoms with Crippen LogP contribution >= 0.6 is 0 Å². The van der Waals surface area contributed by atoms with Crippen LogP contribution in [0.2, 0.25) is 0 Å². The first-order chi connectivity index (χ1) is 14.2. The fourth-order valence-corrected chi connectivity index (χ4v) is 3.33. The number of hydrogen-bond donors (Lipinski definition) is 1. The molecule has 1 N–H and O–H groups in total. The number of aliphatic imine (C=N–C) groups is 1. The molecule has 0 fully saturated rings. The maximum absolute atomic E-state index is 11.8. The van der Waals surface area contributed by atoms with Crippen LogP contribution in [0.4, 0.5) is 5.69 Å². The quantitative estimate of drug-likeness (QED) is 0.392. The van der Waals surface area contributed by atoms with Crippen molar-refractivity contribution in [1.29, 1.82) is 0 Å². The van der Waals surface area contributed by atoms with Crippen LogP contribution in [0, 0.1) is 0 Å². The number of carbonyl (C=O) groups excluding carboxylic acids is 1. The number of carbonyl (C=O) groups is 1. The molecule has 0 saturated heterocycles. The second-order valence-corrected chi connectivity index (χ2v) is 6.67. The Morgan fingerprint density at radius 3 is 2.69 bits per heavy atom. The molecule has 0 aliphatic carbocycles. The van der Waals surface area contributed by atoms with E-state index < -0.39 is 0 Å². The van der Waals surface area contributed by atoms with Crippen LogP contribution in [-0.4, -0.2) is 29.0 Å². The minimum Gasteiger partial charge on any atom is -0.506 e. The smallest absolute Gasteiger partial charge is 0.337 e. The fraction of sp³-hybridized carbons (Fsp3) is 0.0833. The van der Waals surface area contributed by atoms with Gasteiger partial charge in [0.05, 0.1) is 12.7 Å². The maximum atomic E-state index is 11.8. The molecule has 1 heterocycles. The first-order valence-electron chi connectivity index (χ1n) is 9.23. The van der Waals surface area contributed by atoms with Gasteiger partial charge in [-0.3, -0.25) is 4.99 Å². The van der Waals surface area contributed by atoms with Crippen LogP contribution < -0.4 is 0 Å². The van der Waals surface area contributed by atoms with Gasteiger partial charge in [-0.15, -0.1) is 0 Å². The van der Waals surface area contributed by atoms with Crippen molar-refractivity contribution in [2.45, 2.75) is 6.54 Å². The molecular formula is C24H20N2O3. The Hall–Kier alpha value is -3.86. The SMILES string of the molecule is COC(=O)c1cccc(Cn2cc(C=Nc3ccccc3O)c3ccccc32)c1. The lowest BCUT2D eigenvalue weighted by Crippen LogP contribution is -2.03. The molecule has 4 rings (SSSR count). The molecule has 0 spiro atoms. The number of ether oxygens (including phenoxy) is 1. The Balaban J connectivity index is 1.70. The molecular weight excluding hydrogens is 364 g/mol. The zero-order valence-corrected chi connectivity index (χ0v) is 15.9. The van der Waals surface area contributed by atoms with Crippen molar-refractivity contribution < 1.29 is 14.6 Å². The Morgan fingerprint density at radius 2 is 1.86 bits per heavy atom. The summed E-state index contributed by atoms with van der Waals surface area (Å²) in [5.41, 5.74) is 4.07. The Labute approximate surface area is 168 Å². The van der Waals surface area contributed by atoms with Gasteiger partial charge in [0.1, 0.15) is 11.4 Å². The number of fused-ring (bicyclic) bond motifs is 1. The molecule has 5 heteroatoms. The van der Waals surface area contributed by atoms with Crippen molar-refractivity contribution in [3.05, 3.63) is 95.7 Å². The molecule has 1 aromatic heterocycles. The molecule has 0 unspecified atom stereocenters. The van der Waals surface area contributed by atoms with E-state index in [1.807, 2.05) is 48.7 Å². The summed E-state index contributed by atoms with van der Waals surface area (Å²) < 4.78 is 6.94. The molecule has 4 aromatic rings. The molecule has 0 radical (unpaired) electrons. The molecule has 0 atom stereocenters. The second-order valence-electron chi connectivity index (χ2n) is 6.67. The van der Waals surface area contributed by atoms with Crippen molar-refractivity contribution in [2.24, 2.45) is 4.99 Å². The fourth-order valence-electron chi connectivity index (χ4n) is 3.33. The summed E-state index contributed by atoms with van der Waals surface area (Å²) in [6.45, 7) is 0.607. The standard InChI is InChI=1S/C24H20N2O3/c1-29-24(28)18-8-6-7-17(13-18)15-26-16-19(20-9-2-4-11-22(20)26)14-25-21-10-3-5-12-23(21)27/h2-14,16,27H,15H2,1H3. The third-order valence-corrected chi connectivity index (χ3v) is 4.74. The maximum Gasteiger partial charge on any atom is 0.337 e. The number of methoxy groups -OCH3 is 1. The lowest BCUT2D eigenvalue weighted by Gasteiger charge is -2.07. The minimum absolute atomic E-state index is 0.145. The van der Waals surface area contributed by atoms with Gasteiger partial charge in [-0.1, -0.05) is 42.5 Å². The second kappa shape index (κ2) is 8.02. The number of aromatic hydroxyl groups is 1. The van der Waals surface area contributed by atoms with Crippen LogP contribution in [0.5, 0.6) is 5.75 Å². The number of benzene rings is 3.